The fourth-order valence-corrected chi connectivity index (χ4v) is 4.15. The van der Waals surface area contributed by atoms with Gasteiger partial charge in [0.25, 0.3) is 0 Å². The molecule has 0 aliphatic heterocycles. The summed E-state index contributed by atoms with van der Waals surface area (Å²) in [4.78, 5) is 21.3. The van der Waals surface area contributed by atoms with Crippen LogP contribution in [0.25, 0.3) is 10.7 Å². The van der Waals surface area contributed by atoms with Gasteiger partial charge in [0.15, 0.2) is 5.82 Å². The minimum Gasteiger partial charge on any atom is -0.496 e. The van der Waals surface area contributed by atoms with E-state index in [2.05, 4.69) is 23.3 Å². The van der Waals surface area contributed by atoms with Gasteiger partial charge in [0.2, 0.25) is 0 Å². The van der Waals surface area contributed by atoms with E-state index in [9.17, 15) is 4.79 Å². The lowest BCUT2D eigenvalue weighted by Crippen LogP contribution is -2.24. The lowest BCUT2D eigenvalue weighted by Gasteiger charge is -2.24. The van der Waals surface area contributed by atoms with Crippen LogP contribution in [-0.4, -0.2) is 34.2 Å². The summed E-state index contributed by atoms with van der Waals surface area (Å²) in [7, 11) is 1.65. The monoisotopic (exact) mass is 387 g/mol. The van der Waals surface area contributed by atoms with E-state index in [0.29, 0.717) is 5.82 Å². The highest BCUT2D eigenvalue weighted by Gasteiger charge is 2.19. The molecule has 2 aromatic rings. The maximum absolute atomic E-state index is 10.9. The predicted molar refractivity (Wildman–Crippen MR) is 108 cm³/mol. The average molecular weight is 388 g/mol. The molecule has 0 saturated heterocycles. The van der Waals surface area contributed by atoms with Crippen LogP contribution in [0.4, 0.5) is 5.82 Å². The van der Waals surface area contributed by atoms with Crippen LogP contribution in [0.1, 0.15) is 43.9 Å². The molecule has 2 heterocycles. The van der Waals surface area contributed by atoms with Crippen molar-refractivity contribution in [3.05, 3.63) is 34.4 Å². The third kappa shape index (κ3) is 4.66. The molecule has 0 spiro atoms. The summed E-state index contributed by atoms with van der Waals surface area (Å²) in [6.07, 6.45) is 5.59. The molecule has 2 aromatic heterocycles. The standard InChI is InChI=1S/C20H25N3O3S/c1-4-16-12(2)21-20(17-10-15(26-3)11-27-17)23-19(16)22-14-7-5-13(6-8-14)9-18(24)25/h5,10-11,14H,4,6-9H2,1-3H3,(H,24,25)(H,21,22,23). The second-order valence-corrected chi connectivity index (χ2v) is 7.62. The van der Waals surface area contributed by atoms with Crippen LogP contribution in [0.2, 0.25) is 0 Å². The molecule has 0 fully saturated rings. The predicted octanol–water partition coefficient (Wildman–Crippen LogP) is 4.45. The Balaban J connectivity index is 1.82. The summed E-state index contributed by atoms with van der Waals surface area (Å²) >= 11 is 1.57. The summed E-state index contributed by atoms with van der Waals surface area (Å²) in [5, 5.41) is 14.5. The van der Waals surface area contributed by atoms with E-state index < -0.39 is 5.97 Å². The Hall–Kier alpha value is -2.41. The maximum Gasteiger partial charge on any atom is 0.307 e. The number of anilines is 1. The van der Waals surface area contributed by atoms with Gasteiger partial charge in [0.05, 0.1) is 18.4 Å². The normalized spacial score (nSPS) is 16.7. The van der Waals surface area contributed by atoms with Gasteiger partial charge in [-0.2, -0.15) is 0 Å². The number of rotatable bonds is 7. The molecular formula is C20H25N3O3S. The van der Waals surface area contributed by atoms with E-state index in [1.807, 2.05) is 18.4 Å². The lowest BCUT2D eigenvalue weighted by atomic mass is 9.93. The zero-order chi connectivity index (χ0) is 19.4. The Bertz CT molecular complexity index is 860. The molecule has 0 bridgehead atoms. The Morgan fingerprint density at radius 3 is 2.85 bits per heavy atom. The van der Waals surface area contributed by atoms with Gasteiger partial charge in [-0.3, -0.25) is 4.79 Å². The summed E-state index contributed by atoms with van der Waals surface area (Å²) < 4.78 is 5.27. The van der Waals surface area contributed by atoms with Crippen LogP contribution in [0.5, 0.6) is 5.75 Å². The number of hydrogen-bond donors (Lipinski definition) is 2. The lowest BCUT2D eigenvalue weighted by molar-refractivity contribution is -0.136. The summed E-state index contributed by atoms with van der Waals surface area (Å²) in [5.74, 6) is 1.64. The van der Waals surface area contributed by atoms with Crippen molar-refractivity contribution in [1.82, 2.24) is 9.97 Å². The molecule has 6 nitrogen and oxygen atoms in total. The molecule has 1 aliphatic rings. The second-order valence-electron chi connectivity index (χ2n) is 6.71. The van der Waals surface area contributed by atoms with Crippen LogP contribution >= 0.6 is 11.3 Å². The molecular weight excluding hydrogens is 362 g/mol. The number of carboxylic acid groups (broad SMARTS) is 1. The minimum absolute atomic E-state index is 0.143. The number of carboxylic acids is 1. The first kappa shape index (κ1) is 19.4. The number of methoxy groups -OCH3 is 1. The Morgan fingerprint density at radius 1 is 1.44 bits per heavy atom. The summed E-state index contributed by atoms with van der Waals surface area (Å²) in [6, 6.07) is 2.21. The first-order valence-electron chi connectivity index (χ1n) is 9.16. The number of thiophene rings is 1. The largest absolute Gasteiger partial charge is 0.496 e. The highest BCUT2D eigenvalue weighted by atomic mass is 32.1. The van der Waals surface area contributed by atoms with E-state index in [-0.39, 0.29) is 12.5 Å². The van der Waals surface area contributed by atoms with Crippen molar-refractivity contribution in [3.63, 3.8) is 0 Å². The number of aliphatic carboxylic acids is 1. The van der Waals surface area contributed by atoms with E-state index in [1.165, 1.54) is 0 Å². The Kier molecular flexibility index (Phi) is 6.11. The van der Waals surface area contributed by atoms with Gasteiger partial charge in [0, 0.05) is 28.7 Å². The van der Waals surface area contributed by atoms with Crippen molar-refractivity contribution >= 4 is 23.1 Å². The van der Waals surface area contributed by atoms with Crippen LogP contribution < -0.4 is 10.1 Å². The van der Waals surface area contributed by atoms with Gasteiger partial charge in [-0.25, -0.2) is 9.97 Å². The minimum atomic E-state index is -0.761. The SMILES string of the molecule is CCc1c(C)nc(-c2cc(OC)cs2)nc1NC1CC=C(CC(=O)O)CC1. The third-order valence-corrected chi connectivity index (χ3v) is 5.73. The molecule has 27 heavy (non-hydrogen) atoms. The molecule has 1 atom stereocenters. The molecule has 0 radical (unpaired) electrons. The van der Waals surface area contributed by atoms with Crippen molar-refractivity contribution in [3.8, 4) is 16.5 Å². The van der Waals surface area contributed by atoms with Gasteiger partial charge in [0.1, 0.15) is 11.6 Å². The number of carbonyl (C=O) groups is 1. The number of nitrogens with zero attached hydrogens (tertiary/aromatic N) is 2. The van der Waals surface area contributed by atoms with Gasteiger partial charge in [-0.1, -0.05) is 18.6 Å². The highest BCUT2D eigenvalue weighted by molar-refractivity contribution is 7.13. The van der Waals surface area contributed by atoms with Crippen molar-refractivity contribution in [2.75, 3.05) is 12.4 Å². The number of ether oxygens (including phenoxy) is 1. The van der Waals surface area contributed by atoms with Crippen LogP contribution in [0, 0.1) is 6.92 Å². The first-order valence-corrected chi connectivity index (χ1v) is 10.0. The van der Waals surface area contributed by atoms with E-state index in [1.54, 1.807) is 18.4 Å². The van der Waals surface area contributed by atoms with Crippen molar-refractivity contribution in [2.45, 2.75) is 52.0 Å². The van der Waals surface area contributed by atoms with Crippen LogP contribution in [-0.2, 0) is 11.2 Å². The van der Waals surface area contributed by atoms with Crippen molar-refractivity contribution in [2.24, 2.45) is 0 Å². The van der Waals surface area contributed by atoms with Crippen LogP contribution in [0.3, 0.4) is 0 Å². The van der Waals surface area contributed by atoms with Crippen molar-refractivity contribution < 1.29 is 14.6 Å². The smallest absolute Gasteiger partial charge is 0.307 e. The van der Waals surface area contributed by atoms with Crippen LogP contribution in [0.15, 0.2) is 23.1 Å². The zero-order valence-corrected chi connectivity index (χ0v) is 16.7. The number of aryl methyl sites for hydroxylation is 1. The fraction of sp³-hybridized carbons (Fsp3) is 0.450. The van der Waals surface area contributed by atoms with Gasteiger partial charge < -0.3 is 15.2 Å². The molecule has 1 unspecified atom stereocenters. The molecule has 0 saturated carbocycles. The number of aromatic nitrogens is 2. The van der Waals surface area contributed by atoms with Gasteiger partial charge >= 0.3 is 5.97 Å². The first-order chi connectivity index (χ1) is 13.0. The fourth-order valence-electron chi connectivity index (χ4n) is 3.36. The average Bonchev–Trinajstić information content (AvgIpc) is 3.12. The molecule has 144 valence electrons. The van der Waals surface area contributed by atoms with E-state index in [0.717, 1.165) is 59.0 Å². The number of hydrogen-bond acceptors (Lipinski definition) is 6. The molecule has 7 heteroatoms. The molecule has 1 aliphatic carbocycles. The van der Waals surface area contributed by atoms with Crippen molar-refractivity contribution in [1.29, 1.82) is 0 Å². The summed E-state index contributed by atoms with van der Waals surface area (Å²) in [6.45, 7) is 4.13. The molecule has 3 rings (SSSR count). The molecule has 0 amide bonds. The highest BCUT2D eigenvalue weighted by Crippen LogP contribution is 2.32. The summed E-state index contributed by atoms with van der Waals surface area (Å²) in [5.41, 5.74) is 3.12. The van der Waals surface area contributed by atoms with Gasteiger partial charge in [-0.05, 0) is 32.6 Å². The van der Waals surface area contributed by atoms with E-state index >= 15 is 0 Å². The van der Waals surface area contributed by atoms with E-state index in [4.69, 9.17) is 14.8 Å². The second kappa shape index (κ2) is 8.52. The molecule has 0 aromatic carbocycles. The quantitative estimate of drug-likeness (QED) is 0.683. The third-order valence-electron chi connectivity index (χ3n) is 4.82. The Morgan fingerprint density at radius 2 is 2.26 bits per heavy atom. The zero-order valence-electron chi connectivity index (χ0n) is 15.9. The number of nitrogens with one attached hydrogen (secondary N) is 1. The Labute approximate surface area is 163 Å². The maximum atomic E-state index is 10.9. The van der Waals surface area contributed by atoms with Gasteiger partial charge in [-0.15, -0.1) is 11.3 Å². The molecule has 2 N–H and O–H groups in total. The topological polar surface area (TPSA) is 84.3 Å².